The monoisotopic (exact) mass is 375 g/mol. The molecule has 4 rings (SSSR count). The van der Waals surface area contributed by atoms with Crippen LogP contribution in [0.3, 0.4) is 0 Å². The van der Waals surface area contributed by atoms with Gasteiger partial charge in [0.25, 0.3) is 5.78 Å². The van der Waals surface area contributed by atoms with Gasteiger partial charge in [-0.2, -0.15) is 5.10 Å². The largest absolute Gasteiger partial charge is 0.316 e. The summed E-state index contributed by atoms with van der Waals surface area (Å²) in [5.41, 5.74) is 4.38. The van der Waals surface area contributed by atoms with Crippen LogP contribution in [0, 0.1) is 0 Å². The van der Waals surface area contributed by atoms with E-state index in [9.17, 15) is 9.59 Å². The molecule has 0 saturated heterocycles. The lowest BCUT2D eigenvalue weighted by Crippen LogP contribution is -3.09. The first-order valence-electron chi connectivity index (χ1n) is 9.46. The molecule has 28 heavy (non-hydrogen) atoms. The van der Waals surface area contributed by atoms with Gasteiger partial charge in [-0.3, -0.25) is 14.5 Å². The summed E-state index contributed by atoms with van der Waals surface area (Å²) in [6.07, 6.45) is 4.68. The second kappa shape index (κ2) is 7.40. The lowest BCUT2D eigenvalue weighted by atomic mass is 10.1. The Kier molecular flexibility index (Phi) is 4.79. The third-order valence-electron chi connectivity index (χ3n) is 5.03. The van der Waals surface area contributed by atoms with Crippen molar-refractivity contribution in [2.45, 2.75) is 19.9 Å². The molecule has 1 N–H and O–H groups in total. The van der Waals surface area contributed by atoms with Gasteiger partial charge < -0.3 is 4.90 Å². The Bertz CT molecular complexity index is 1030. The van der Waals surface area contributed by atoms with E-state index in [4.69, 9.17) is 0 Å². The molecule has 1 aliphatic heterocycles. The molecule has 0 fully saturated rings. The fraction of sp³-hybridized carbons (Fsp3) is 0.227. The number of anilines is 1. The molecule has 0 spiro atoms. The fourth-order valence-electron chi connectivity index (χ4n) is 3.57. The Morgan fingerprint density at radius 1 is 1.04 bits per heavy atom. The molecule has 6 nitrogen and oxygen atoms in total. The maximum Gasteiger partial charge on any atom is 0.303 e. The van der Waals surface area contributed by atoms with Gasteiger partial charge in [-0.1, -0.05) is 31.2 Å². The summed E-state index contributed by atoms with van der Waals surface area (Å²) in [5, 5.41) is 4.42. The van der Waals surface area contributed by atoms with E-state index in [-0.39, 0.29) is 0 Å². The van der Waals surface area contributed by atoms with Crippen LogP contribution >= 0.6 is 0 Å². The fourth-order valence-corrected chi connectivity index (χ4v) is 3.57. The van der Waals surface area contributed by atoms with E-state index < -0.39 is 11.7 Å². The molecular weight excluding hydrogens is 352 g/mol. The van der Waals surface area contributed by atoms with Crippen molar-refractivity contribution < 1.29 is 14.5 Å². The summed E-state index contributed by atoms with van der Waals surface area (Å²) in [5.74, 6) is -0.849. The smallest absolute Gasteiger partial charge is 0.303 e. The molecule has 1 atom stereocenters. The van der Waals surface area contributed by atoms with E-state index in [0.29, 0.717) is 24.5 Å². The lowest BCUT2D eigenvalue weighted by molar-refractivity contribution is -0.892. The van der Waals surface area contributed by atoms with Crippen molar-refractivity contribution in [2.75, 3.05) is 18.6 Å². The second-order valence-electron chi connectivity index (χ2n) is 7.19. The number of Topliss-reactive ketones (excluding diaryl/α,β-unsaturated/α-hetero) is 1. The number of carbonyl (C=O) groups excluding carboxylic acids is 2. The molecule has 3 aromatic rings. The Balaban J connectivity index is 1.48. The Hall–Kier alpha value is -3.25. The van der Waals surface area contributed by atoms with Crippen LogP contribution in [-0.4, -0.2) is 35.2 Å². The van der Waals surface area contributed by atoms with Crippen molar-refractivity contribution in [3.05, 3.63) is 77.6 Å². The van der Waals surface area contributed by atoms with Gasteiger partial charge in [0.1, 0.15) is 6.54 Å². The van der Waals surface area contributed by atoms with Gasteiger partial charge >= 0.3 is 5.91 Å². The summed E-state index contributed by atoms with van der Waals surface area (Å²) in [7, 11) is 2.01. The minimum atomic E-state index is -0.442. The number of carbonyl (C=O) groups is 2. The molecule has 6 heteroatoms. The van der Waals surface area contributed by atoms with Gasteiger partial charge in [0.05, 0.1) is 30.2 Å². The minimum Gasteiger partial charge on any atom is -0.316 e. The van der Waals surface area contributed by atoms with E-state index in [1.54, 1.807) is 4.90 Å². The van der Waals surface area contributed by atoms with E-state index in [1.165, 1.54) is 0 Å². The van der Waals surface area contributed by atoms with E-state index in [2.05, 4.69) is 5.10 Å². The zero-order valence-corrected chi connectivity index (χ0v) is 16.1. The molecule has 0 bridgehead atoms. The van der Waals surface area contributed by atoms with Crippen molar-refractivity contribution in [2.24, 2.45) is 0 Å². The molecule has 0 saturated carbocycles. The molecule has 1 aromatic heterocycles. The first-order chi connectivity index (χ1) is 13.6. The summed E-state index contributed by atoms with van der Waals surface area (Å²) >= 11 is 0. The van der Waals surface area contributed by atoms with Crippen LogP contribution in [0.5, 0.6) is 0 Å². The molecule has 2 heterocycles. The molecule has 1 unspecified atom stereocenters. The second-order valence-corrected chi connectivity index (χ2v) is 7.19. The van der Waals surface area contributed by atoms with Crippen LogP contribution in [0.2, 0.25) is 0 Å². The number of nitrogens with zero attached hydrogens (tertiary/aromatic N) is 3. The molecular formula is C22H23N4O2+. The maximum absolute atomic E-state index is 12.5. The van der Waals surface area contributed by atoms with Gasteiger partial charge in [-0.15, -0.1) is 0 Å². The highest BCUT2D eigenvalue weighted by Gasteiger charge is 2.37. The van der Waals surface area contributed by atoms with E-state index in [1.807, 2.05) is 79.6 Å². The summed E-state index contributed by atoms with van der Waals surface area (Å²) in [6, 6.07) is 15.6. The third-order valence-corrected chi connectivity index (χ3v) is 5.03. The van der Waals surface area contributed by atoms with Gasteiger partial charge in [-0.05, 0) is 36.2 Å². The average molecular weight is 375 g/mol. The SMILES string of the molecule is CCc1ccc2c(c1)C(=O)C(=O)N2C[NH+](C)Cc1cnn(-c2ccccc2)c1. The van der Waals surface area contributed by atoms with Crippen molar-refractivity contribution in [3.63, 3.8) is 0 Å². The van der Waals surface area contributed by atoms with Crippen LogP contribution in [0.4, 0.5) is 5.69 Å². The predicted molar refractivity (Wildman–Crippen MR) is 107 cm³/mol. The molecule has 1 aliphatic rings. The van der Waals surface area contributed by atoms with Crippen LogP contribution in [0.25, 0.3) is 5.69 Å². The summed E-state index contributed by atoms with van der Waals surface area (Å²) < 4.78 is 1.84. The number of aromatic nitrogens is 2. The zero-order chi connectivity index (χ0) is 19.7. The standard InChI is InChI=1S/C22H22N4O2/c1-3-16-9-10-20-19(11-16)21(27)22(28)25(20)15-24(2)13-17-12-23-26(14-17)18-7-5-4-6-8-18/h4-12,14H,3,13,15H2,1-2H3/p+1. The number of nitrogens with one attached hydrogen (secondary N) is 1. The summed E-state index contributed by atoms with van der Waals surface area (Å²) in [4.78, 5) is 27.5. The van der Waals surface area contributed by atoms with Crippen LogP contribution in [-0.2, 0) is 17.8 Å². The van der Waals surface area contributed by atoms with Gasteiger partial charge in [0.2, 0.25) is 0 Å². The number of rotatable bonds is 6. The highest BCUT2D eigenvalue weighted by molar-refractivity contribution is 6.52. The minimum absolute atomic E-state index is 0.407. The molecule has 1 amide bonds. The molecule has 142 valence electrons. The molecule has 0 radical (unpaired) electrons. The zero-order valence-electron chi connectivity index (χ0n) is 16.1. The Morgan fingerprint density at radius 3 is 2.57 bits per heavy atom. The number of hydrogen-bond acceptors (Lipinski definition) is 3. The van der Waals surface area contributed by atoms with E-state index >= 15 is 0 Å². The first kappa shape index (κ1) is 18.1. The topological polar surface area (TPSA) is 59.6 Å². The van der Waals surface area contributed by atoms with E-state index in [0.717, 1.165) is 28.1 Å². The number of ketones is 1. The lowest BCUT2D eigenvalue weighted by Gasteiger charge is -2.21. The van der Waals surface area contributed by atoms with Crippen molar-refractivity contribution in [1.29, 1.82) is 0 Å². The van der Waals surface area contributed by atoms with Gasteiger partial charge in [0, 0.05) is 11.8 Å². The number of para-hydroxylation sites is 1. The van der Waals surface area contributed by atoms with Crippen LogP contribution in [0.15, 0.2) is 60.9 Å². The molecule has 2 aromatic carbocycles. The van der Waals surface area contributed by atoms with Gasteiger partial charge in [0.15, 0.2) is 6.67 Å². The van der Waals surface area contributed by atoms with Crippen LogP contribution in [0.1, 0.15) is 28.4 Å². The predicted octanol–water partition coefficient (Wildman–Crippen LogP) is 1.64. The Morgan fingerprint density at radius 2 is 1.82 bits per heavy atom. The number of quaternary nitrogens is 1. The highest BCUT2D eigenvalue weighted by atomic mass is 16.2. The highest BCUT2D eigenvalue weighted by Crippen LogP contribution is 2.29. The number of fused-ring (bicyclic) bond motifs is 1. The molecule has 0 aliphatic carbocycles. The first-order valence-corrected chi connectivity index (χ1v) is 9.46. The normalized spacial score (nSPS) is 14.4. The number of hydrogen-bond donors (Lipinski definition) is 1. The van der Waals surface area contributed by atoms with Crippen LogP contribution < -0.4 is 9.80 Å². The number of aryl methyl sites for hydroxylation is 1. The summed E-state index contributed by atoms with van der Waals surface area (Å²) in [6.45, 7) is 3.17. The Labute approximate surface area is 164 Å². The quantitative estimate of drug-likeness (QED) is 0.667. The van der Waals surface area contributed by atoms with Gasteiger partial charge in [-0.25, -0.2) is 4.68 Å². The number of amides is 1. The third kappa shape index (κ3) is 3.34. The van der Waals surface area contributed by atoms with Crippen molar-refractivity contribution in [3.8, 4) is 5.69 Å². The van der Waals surface area contributed by atoms with Crippen molar-refractivity contribution in [1.82, 2.24) is 9.78 Å². The van der Waals surface area contributed by atoms with Crippen molar-refractivity contribution >= 4 is 17.4 Å². The average Bonchev–Trinajstić information content (AvgIpc) is 3.27. The number of benzene rings is 2. The maximum atomic E-state index is 12.5.